The Morgan fingerprint density at radius 3 is 2.78 bits per heavy atom. The predicted molar refractivity (Wildman–Crippen MR) is 68.6 cm³/mol. The van der Waals surface area contributed by atoms with Gasteiger partial charge in [0.15, 0.2) is 11.6 Å². The Balaban J connectivity index is 2.26. The lowest BCUT2D eigenvalue weighted by molar-refractivity contribution is 0.474. The minimum absolute atomic E-state index is 0.0161. The summed E-state index contributed by atoms with van der Waals surface area (Å²) < 4.78 is 14.1. The first kappa shape index (κ1) is 11.2. The molecular formula is C12H7BrFN3O. The monoisotopic (exact) mass is 307 g/mol. The van der Waals surface area contributed by atoms with E-state index in [1.165, 1.54) is 12.1 Å². The molecule has 18 heavy (non-hydrogen) atoms. The van der Waals surface area contributed by atoms with E-state index >= 15 is 0 Å². The number of halogens is 2. The smallest absolute Gasteiger partial charge is 0.161 e. The molecule has 0 amide bonds. The number of fused-ring (bicyclic) bond motifs is 1. The van der Waals surface area contributed by atoms with E-state index in [-0.39, 0.29) is 17.0 Å². The van der Waals surface area contributed by atoms with Crippen molar-refractivity contribution in [2.24, 2.45) is 0 Å². The summed E-state index contributed by atoms with van der Waals surface area (Å²) >= 11 is 3.21. The zero-order chi connectivity index (χ0) is 12.7. The molecule has 2 N–H and O–H groups in total. The van der Waals surface area contributed by atoms with E-state index in [9.17, 15) is 9.50 Å². The summed E-state index contributed by atoms with van der Waals surface area (Å²) in [5.41, 5.74) is 1.07. The van der Waals surface area contributed by atoms with Crippen molar-refractivity contribution in [3.05, 3.63) is 40.8 Å². The molecule has 1 aromatic carbocycles. The topological polar surface area (TPSA) is 61.8 Å². The first-order valence-corrected chi connectivity index (χ1v) is 5.94. The van der Waals surface area contributed by atoms with Crippen molar-refractivity contribution in [1.82, 2.24) is 15.0 Å². The molecule has 0 aliphatic carbocycles. The van der Waals surface area contributed by atoms with E-state index in [0.717, 1.165) is 0 Å². The lowest BCUT2D eigenvalue weighted by Gasteiger charge is -1.99. The third kappa shape index (κ3) is 1.74. The average molecular weight is 308 g/mol. The fraction of sp³-hybridized carbons (Fsp3) is 0. The Hall–Kier alpha value is -1.95. The van der Waals surface area contributed by atoms with Gasteiger partial charge in [-0.3, -0.25) is 0 Å². The van der Waals surface area contributed by atoms with Crippen LogP contribution in [0, 0.1) is 5.82 Å². The summed E-state index contributed by atoms with van der Waals surface area (Å²) in [5, 5.41) is 9.75. The van der Waals surface area contributed by atoms with E-state index in [1.54, 1.807) is 18.2 Å². The number of rotatable bonds is 1. The summed E-state index contributed by atoms with van der Waals surface area (Å²) in [6.07, 6.45) is 0. The van der Waals surface area contributed by atoms with Gasteiger partial charge in [0.1, 0.15) is 21.6 Å². The molecule has 0 saturated carbocycles. The van der Waals surface area contributed by atoms with Gasteiger partial charge in [0.2, 0.25) is 0 Å². The van der Waals surface area contributed by atoms with Crippen molar-refractivity contribution in [1.29, 1.82) is 0 Å². The third-order valence-corrected chi connectivity index (χ3v) is 2.97. The Morgan fingerprint density at radius 2 is 2.00 bits per heavy atom. The van der Waals surface area contributed by atoms with Gasteiger partial charge in [-0.05, 0) is 40.2 Å². The van der Waals surface area contributed by atoms with Gasteiger partial charge in [-0.2, -0.15) is 0 Å². The molecule has 3 aromatic rings. The number of aromatic amines is 1. The largest absolute Gasteiger partial charge is 0.506 e. The second-order valence-corrected chi connectivity index (χ2v) is 4.54. The highest BCUT2D eigenvalue weighted by molar-refractivity contribution is 9.10. The highest BCUT2D eigenvalue weighted by atomic mass is 79.9. The summed E-state index contributed by atoms with van der Waals surface area (Å²) in [6.45, 7) is 0. The van der Waals surface area contributed by atoms with Crippen LogP contribution in [0.5, 0.6) is 5.75 Å². The van der Waals surface area contributed by atoms with E-state index in [2.05, 4.69) is 30.9 Å². The van der Waals surface area contributed by atoms with Gasteiger partial charge in [-0.1, -0.05) is 6.07 Å². The van der Waals surface area contributed by atoms with Crippen LogP contribution >= 0.6 is 15.9 Å². The van der Waals surface area contributed by atoms with Gasteiger partial charge in [-0.15, -0.1) is 0 Å². The van der Waals surface area contributed by atoms with E-state index in [0.29, 0.717) is 15.9 Å². The number of aromatic nitrogens is 3. The van der Waals surface area contributed by atoms with Crippen molar-refractivity contribution in [2.45, 2.75) is 0 Å². The van der Waals surface area contributed by atoms with E-state index < -0.39 is 5.82 Å². The van der Waals surface area contributed by atoms with Crippen molar-refractivity contribution in [3.8, 4) is 17.3 Å². The third-order valence-electron chi connectivity index (χ3n) is 2.53. The lowest BCUT2D eigenvalue weighted by atomic mass is 10.3. The molecule has 4 nitrogen and oxygen atoms in total. The fourth-order valence-corrected chi connectivity index (χ4v) is 2.02. The minimum atomic E-state index is -0.413. The molecular weight excluding hydrogens is 301 g/mol. The number of nitrogens with one attached hydrogen (secondary N) is 1. The quantitative estimate of drug-likeness (QED) is 0.678. The number of H-pyrrole nitrogens is 1. The van der Waals surface area contributed by atoms with Crippen molar-refractivity contribution in [2.75, 3.05) is 0 Å². The first-order valence-electron chi connectivity index (χ1n) is 5.15. The molecule has 6 heteroatoms. The zero-order valence-electron chi connectivity index (χ0n) is 8.98. The summed E-state index contributed by atoms with van der Waals surface area (Å²) in [7, 11) is 0. The maximum atomic E-state index is 13.5. The molecule has 0 unspecified atom stereocenters. The number of pyridine rings is 1. The number of benzene rings is 1. The highest BCUT2D eigenvalue weighted by Gasteiger charge is 2.13. The van der Waals surface area contributed by atoms with Crippen LogP contribution in [0.15, 0.2) is 34.9 Å². The molecule has 0 aliphatic heterocycles. The second kappa shape index (κ2) is 4.06. The Kier molecular flexibility index (Phi) is 2.52. The van der Waals surface area contributed by atoms with Gasteiger partial charge in [0.25, 0.3) is 0 Å². The van der Waals surface area contributed by atoms with Crippen LogP contribution in [0.4, 0.5) is 4.39 Å². The van der Waals surface area contributed by atoms with Crippen LogP contribution in [-0.4, -0.2) is 20.1 Å². The molecule has 0 saturated heterocycles. The Morgan fingerprint density at radius 1 is 1.17 bits per heavy atom. The number of imidazole rings is 1. The maximum absolute atomic E-state index is 13.5. The average Bonchev–Trinajstić information content (AvgIpc) is 2.77. The van der Waals surface area contributed by atoms with Crippen LogP contribution in [-0.2, 0) is 0 Å². The normalized spacial score (nSPS) is 11.0. The maximum Gasteiger partial charge on any atom is 0.161 e. The molecule has 0 fully saturated rings. The number of para-hydroxylation sites is 1. The van der Waals surface area contributed by atoms with Crippen LogP contribution < -0.4 is 0 Å². The SMILES string of the molecule is Oc1ccc(Br)nc1-c1nc2c(F)cccc2[nH]1. The Labute approximate surface area is 110 Å². The molecule has 0 aliphatic rings. The fourth-order valence-electron chi connectivity index (χ4n) is 1.71. The molecule has 0 spiro atoms. The zero-order valence-corrected chi connectivity index (χ0v) is 10.6. The van der Waals surface area contributed by atoms with Crippen molar-refractivity contribution < 1.29 is 9.50 Å². The molecule has 2 aromatic heterocycles. The van der Waals surface area contributed by atoms with Crippen LogP contribution in [0.2, 0.25) is 0 Å². The van der Waals surface area contributed by atoms with Gasteiger partial charge < -0.3 is 10.1 Å². The summed E-state index contributed by atoms with van der Waals surface area (Å²) in [5.74, 6) is -0.101. The molecule has 2 heterocycles. The molecule has 90 valence electrons. The van der Waals surface area contributed by atoms with Crippen LogP contribution in [0.25, 0.3) is 22.6 Å². The Bertz CT molecular complexity index is 741. The highest BCUT2D eigenvalue weighted by Crippen LogP contribution is 2.28. The number of nitrogens with zero attached hydrogens (tertiary/aromatic N) is 2. The summed E-state index contributed by atoms with van der Waals surface area (Å²) in [4.78, 5) is 11.2. The lowest BCUT2D eigenvalue weighted by Crippen LogP contribution is -1.87. The predicted octanol–water partition coefficient (Wildman–Crippen LogP) is 3.23. The molecule has 0 atom stereocenters. The number of hydrogen-bond acceptors (Lipinski definition) is 3. The van der Waals surface area contributed by atoms with Gasteiger partial charge in [0, 0.05) is 0 Å². The minimum Gasteiger partial charge on any atom is -0.506 e. The number of hydrogen-bond donors (Lipinski definition) is 2. The van der Waals surface area contributed by atoms with Crippen LogP contribution in [0.3, 0.4) is 0 Å². The van der Waals surface area contributed by atoms with Gasteiger partial charge >= 0.3 is 0 Å². The summed E-state index contributed by atoms with van der Waals surface area (Å²) in [6, 6.07) is 7.75. The number of aromatic hydroxyl groups is 1. The molecule has 0 radical (unpaired) electrons. The van der Waals surface area contributed by atoms with Gasteiger partial charge in [0.05, 0.1) is 5.52 Å². The second-order valence-electron chi connectivity index (χ2n) is 3.72. The van der Waals surface area contributed by atoms with E-state index in [1.807, 2.05) is 0 Å². The van der Waals surface area contributed by atoms with Crippen LogP contribution in [0.1, 0.15) is 0 Å². The van der Waals surface area contributed by atoms with Crippen molar-refractivity contribution >= 4 is 27.0 Å². The standard InChI is InChI=1S/C12H7BrFN3O/c13-9-5-4-8(18)11(16-9)12-15-7-3-1-2-6(14)10(7)17-12/h1-5,18H,(H,15,17). The molecule has 0 bridgehead atoms. The van der Waals surface area contributed by atoms with E-state index in [4.69, 9.17) is 0 Å². The van der Waals surface area contributed by atoms with Gasteiger partial charge in [-0.25, -0.2) is 14.4 Å². The van der Waals surface area contributed by atoms with Crippen molar-refractivity contribution in [3.63, 3.8) is 0 Å². The molecule has 3 rings (SSSR count). The first-order chi connectivity index (χ1) is 8.65.